The van der Waals surface area contributed by atoms with Gasteiger partial charge in [0.05, 0.1) is 12.2 Å². The van der Waals surface area contributed by atoms with Gasteiger partial charge in [-0.1, -0.05) is 18.2 Å². The van der Waals surface area contributed by atoms with Gasteiger partial charge in [0.15, 0.2) is 6.29 Å². The number of anilines is 1. The molecule has 0 radical (unpaired) electrons. The van der Waals surface area contributed by atoms with Crippen LogP contribution in [0.5, 0.6) is 5.88 Å². The minimum Gasteiger partial charge on any atom is -0.470 e. The number of nitrogens with zero attached hydrogens (tertiary/aromatic N) is 4. The second kappa shape index (κ2) is 13.6. The highest BCUT2D eigenvalue weighted by atomic mass is 16.7. The van der Waals surface area contributed by atoms with Gasteiger partial charge in [0.1, 0.15) is 42.7 Å². The van der Waals surface area contributed by atoms with E-state index in [4.69, 9.17) is 25.8 Å². The number of nitriles is 1. The van der Waals surface area contributed by atoms with Gasteiger partial charge >= 0.3 is 0 Å². The summed E-state index contributed by atoms with van der Waals surface area (Å²) in [5.74, 6) is 6.16. The van der Waals surface area contributed by atoms with Gasteiger partial charge < -0.3 is 45.2 Å². The fourth-order valence-electron chi connectivity index (χ4n) is 5.57. The minimum atomic E-state index is -1.47. The molecule has 12 heteroatoms. The largest absolute Gasteiger partial charge is 0.470 e. The monoisotopic (exact) mass is 590 g/mol. The molecule has 0 aliphatic carbocycles. The second-order valence-corrected chi connectivity index (χ2v) is 10.9. The molecule has 12 nitrogen and oxygen atoms in total. The first kappa shape index (κ1) is 30.5. The molecule has 5 unspecified atom stereocenters. The van der Waals surface area contributed by atoms with E-state index in [-0.39, 0.29) is 30.3 Å². The van der Waals surface area contributed by atoms with Crippen LogP contribution in [-0.4, -0.2) is 89.4 Å². The Hall–Kier alpha value is -3.96. The summed E-state index contributed by atoms with van der Waals surface area (Å²) >= 11 is 0. The number of methoxy groups -OCH3 is 1. The highest BCUT2D eigenvalue weighted by Crippen LogP contribution is 2.32. The highest BCUT2D eigenvalue weighted by molar-refractivity contribution is 5.90. The molecule has 43 heavy (non-hydrogen) atoms. The molecule has 2 saturated heterocycles. The Labute approximate surface area is 250 Å². The predicted octanol–water partition coefficient (Wildman–Crippen LogP) is 1.57. The maximum Gasteiger partial charge on any atom is 0.232 e. The third-order valence-electron chi connectivity index (χ3n) is 7.88. The summed E-state index contributed by atoms with van der Waals surface area (Å²) in [6.45, 7) is 1.98. The van der Waals surface area contributed by atoms with Crippen molar-refractivity contribution in [2.24, 2.45) is 11.6 Å². The van der Waals surface area contributed by atoms with Crippen LogP contribution in [0.25, 0.3) is 21.9 Å². The third kappa shape index (κ3) is 6.83. The maximum absolute atomic E-state index is 10.3. The summed E-state index contributed by atoms with van der Waals surface area (Å²) in [5, 5.41) is 43.7. The van der Waals surface area contributed by atoms with E-state index in [2.05, 4.69) is 46.3 Å². The molecule has 5 atom stereocenters. The first-order valence-corrected chi connectivity index (χ1v) is 14.3. The van der Waals surface area contributed by atoms with Gasteiger partial charge in [-0.05, 0) is 59.9 Å². The zero-order valence-corrected chi connectivity index (χ0v) is 24.0. The van der Waals surface area contributed by atoms with Crippen LogP contribution in [0, 0.1) is 11.3 Å². The molecule has 0 bridgehead atoms. The van der Waals surface area contributed by atoms with E-state index in [9.17, 15) is 20.6 Å². The van der Waals surface area contributed by atoms with Crippen molar-refractivity contribution in [1.82, 2.24) is 9.99 Å². The number of aromatic nitrogens is 1. The van der Waals surface area contributed by atoms with Gasteiger partial charge in [-0.3, -0.25) is 0 Å². The fraction of sp³-hybridized carbons (Fsp3) is 0.419. The molecule has 5 rings (SSSR count). The quantitative estimate of drug-likeness (QED) is 0.179. The Bertz CT molecular complexity index is 1490. The molecular formula is C31H38N6O6. The van der Waals surface area contributed by atoms with Crippen molar-refractivity contribution < 1.29 is 29.5 Å². The van der Waals surface area contributed by atoms with Gasteiger partial charge in [-0.25, -0.2) is 10.8 Å². The topological polar surface area (TPSA) is 184 Å². The zero-order chi connectivity index (χ0) is 30.5. The lowest BCUT2D eigenvalue weighted by molar-refractivity contribution is -0.291. The van der Waals surface area contributed by atoms with Gasteiger partial charge in [0.2, 0.25) is 5.88 Å². The smallest absolute Gasteiger partial charge is 0.232 e. The van der Waals surface area contributed by atoms with Crippen LogP contribution in [0.15, 0.2) is 60.6 Å². The van der Waals surface area contributed by atoms with E-state index in [0.717, 1.165) is 29.4 Å². The molecule has 0 spiro atoms. The number of pyridine rings is 1. The summed E-state index contributed by atoms with van der Waals surface area (Å²) in [7, 11) is 1.31. The molecule has 2 fully saturated rings. The Morgan fingerprint density at radius 2 is 1.84 bits per heavy atom. The number of piperidine rings is 1. The van der Waals surface area contributed by atoms with Gasteiger partial charge in [0, 0.05) is 43.8 Å². The molecule has 7 N–H and O–H groups in total. The lowest BCUT2D eigenvalue weighted by Crippen LogP contribution is -2.60. The third-order valence-corrected chi connectivity index (χ3v) is 7.88. The summed E-state index contributed by atoms with van der Waals surface area (Å²) in [6.07, 6.45) is 0.347. The van der Waals surface area contributed by atoms with E-state index in [1.807, 2.05) is 6.07 Å². The number of aliphatic hydroxyl groups is 3. The highest BCUT2D eigenvalue weighted by Gasteiger charge is 2.44. The molecule has 2 aliphatic rings. The number of aliphatic hydroxyl groups excluding tert-OH is 3. The SMILES string of the molecule is COC1OC(CN(N)/C=C(\N)COc2nccc(-c3ccc4cc(N5CCCCC5)ccc4c3)c2C#N)C(O)C(O)C1O. The normalized spacial score (nSPS) is 24.5. The second-order valence-electron chi connectivity index (χ2n) is 10.9. The lowest BCUT2D eigenvalue weighted by atomic mass is 9.98. The Kier molecular flexibility index (Phi) is 9.62. The van der Waals surface area contributed by atoms with Crippen LogP contribution in [-0.2, 0) is 9.47 Å². The number of hydrogen-bond donors (Lipinski definition) is 5. The number of ether oxygens (including phenoxy) is 3. The van der Waals surface area contributed by atoms with Gasteiger partial charge in [-0.15, -0.1) is 0 Å². The molecule has 3 aromatic rings. The van der Waals surface area contributed by atoms with Crippen LogP contribution in [0.3, 0.4) is 0 Å². The molecule has 2 aromatic carbocycles. The molecule has 228 valence electrons. The summed E-state index contributed by atoms with van der Waals surface area (Å²) in [4.78, 5) is 6.68. The summed E-state index contributed by atoms with van der Waals surface area (Å²) < 4.78 is 16.3. The first-order valence-electron chi connectivity index (χ1n) is 14.3. The van der Waals surface area contributed by atoms with Crippen molar-refractivity contribution in [3.63, 3.8) is 0 Å². The number of benzene rings is 2. The number of fused-ring (bicyclic) bond motifs is 1. The zero-order valence-electron chi connectivity index (χ0n) is 24.0. The molecule has 2 aliphatic heterocycles. The van der Waals surface area contributed by atoms with Crippen LogP contribution in [0.4, 0.5) is 5.69 Å². The number of hydrogen-bond acceptors (Lipinski definition) is 12. The number of rotatable bonds is 9. The Morgan fingerprint density at radius 3 is 2.58 bits per heavy atom. The van der Waals surface area contributed by atoms with Crippen molar-refractivity contribution in [3.05, 3.63) is 66.1 Å². The molecule has 0 saturated carbocycles. The van der Waals surface area contributed by atoms with Gasteiger partial charge in [-0.2, -0.15) is 5.26 Å². The molecule has 3 heterocycles. The van der Waals surface area contributed by atoms with Crippen molar-refractivity contribution in [2.45, 2.75) is 50.0 Å². The van der Waals surface area contributed by atoms with E-state index in [1.54, 1.807) is 12.3 Å². The van der Waals surface area contributed by atoms with E-state index in [1.165, 1.54) is 43.3 Å². The maximum atomic E-state index is 10.3. The van der Waals surface area contributed by atoms with Crippen molar-refractivity contribution in [3.8, 4) is 23.1 Å². The number of nitrogens with two attached hydrogens (primary N) is 2. The molecule has 1 aromatic heterocycles. The van der Waals surface area contributed by atoms with Crippen LogP contribution >= 0.6 is 0 Å². The summed E-state index contributed by atoms with van der Waals surface area (Å²) in [6, 6.07) is 16.6. The van der Waals surface area contributed by atoms with Crippen LogP contribution in [0.1, 0.15) is 24.8 Å². The standard InChI is InChI=1S/C31H38N6O6/c1-41-31-29(40)28(39)27(38)26(43-31)17-37(34)16-22(33)18-42-30-25(15-32)24(9-10-35-30)21-6-5-20-14-23(8-7-19(20)13-21)36-11-3-2-4-12-36/h5-10,13-14,16,26-29,31,38-40H,2-4,11-12,17-18,33-34H2,1H3/b22-16-. The Balaban J connectivity index is 1.26. The van der Waals surface area contributed by atoms with Crippen LogP contribution < -0.4 is 21.2 Å². The van der Waals surface area contributed by atoms with E-state index < -0.39 is 30.7 Å². The van der Waals surface area contributed by atoms with Crippen LogP contribution in [0.2, 0.25) is 0 Å². The Morgan fingerprint density at radius 1 is 1.09 bits per heavy atom. The van der Waals surface area contributed by atoms with Crippen molar-refractivity contribution in [2.75, 3.05) is 38.3 Å². The van der Waals surface area contributed by atoms with E-state index >= 15 is 0 Å². The van der Waals surface area contributed by atoms with Gasteiger partial charge in [0.25, 0.3) is 0 Å². The molecular weight excluding hydrogens is 552 g/mol. The average Bonchev–Trinajstić information content (AvgIpc) is 3.03. The first-order chi connectivity index (χ1) is 20.8. The summed E-state index contributed by atoms with van der Waals surface area (Å²) in [5.41, 5.74) is 9.40. The van der Waals surface area contributed by atoms with E-state index in [0.29, 0.717) is 5.56 Å². The van der Waals surface area contributed by atoms with Crippen molar-refractivity contribution >= 4 is 16.5 Å². The molecule has 0 amide bonds. The average molecular weight is 591 g/mol. The predicted molar refractivity (Wildman–Crippen MR) is 160 cm³/mol. The van der Waals surface area contributed by atoms with Crippen molar-refractivity contribution in [1.29, 1.82) is 5.26 Å². The number of hydrazine groups is 1. The fourth-order valence-corrected chi connectivity index (χ4v) is 5.57. The minimum absolute atomic E-state index is 0.0653. The lowest BCUT2D eigenvalue weighted by Gasteiger charge is -2.40.